The van der Waals surface area contributed by atoms with Gasteiger partial charge in [0.2, 0.25) is 0 Å². The molecule has 3 N–H and O–H groups in total. The lowest BCUT2D eigenvalue weighted by atomic mass is 10.1. The van der Waals surface area contributed by atoms with Gasteiger partial charge < -0.3 is 15.2 Å². The highest BCUT2D eigenvalue weighted by atomic mass is 16.5. The number of unbranched alkanes of at least 4 members (excludes halogenated alkanes) is 1. The number of hydrogen-bond donors (Lipinski definition) is 2. The van der Waals surface area contributed by atoms with E-state index >= 15 is 0 Å². The Balaban J connectivity index is 2.57. The highest BCUT2D eigenvalue weighted by Gasteiger charge is 2.25. The van der Waals surface area contributed by atoms with Gasteiger partial charge in [0.15, 0.2) is 5.69 Å². The number of carbonyl (C=O) groups excluding carboxylic acids is 1. The number of nitrogens with two attached hydrogens (primary N) is 1. The Morgan fingerprint density at radius 2 is 2.04 bits per heavy atom. The second-order valence-corrected chi connectivity index (χ2v) is 6.18. The lowest BCUT2D eigenvalue weighted by Gasteiger charge is -2.24. The summed E-state index contributed by atoms with van der Waals surface area (Å²) in [5.41, 5.74) is 5.09. The van der Waals surface area contributed by atoms with Gasteiger partial charge in [-0.05, 0) is 24.6 Å². The maximum atomic E-state index is 13.2. The molecular formula is C19H26N4O5. The van der Waals surface area contributed by atoms with Crippen molar-refractivity contribution in [2.75, 3.05) is 38.0 Å². The van der Waals surface area contributed by atoms with Crippen LogP contribution in [0.4, 0.5) is 11.5 Å². The molecule has 2 rings (SSSR count). The topological polar surface area (TPSA) is 120 Å². The van der Waals surface area contributed by atoms with Gasteiger partial charge in [0, 0.05) is 25.8 Å². The summed E-state index contributed by atoms with van der Waals surface area (Å²) in [5.74, 6) is 0.00993. The number of aromatic amines is 1. The first-order chi connectivity index (χ1) is 13.4. The number of anilines is 2. The van der Waals surface area contributed by atoms with Crippen molar-refractivity contribution in [1.29, 1.82) is 0 Å². The fourth-order valence-corrected chi connectivity index (χ4v) is 2.79. The summed E-state index contributed by atoms with van der Waals surface area (Å²) in [7, 11) is 2.99. The molecule has 0 saturated carbocycles. The Labute approximate surface area is 162 Å². The SMILES string of the molecule is CCCCn1c(N)c(N(CCOC)C(=O)c2cccc(OC)c2)c(=O)[nH]c1=O. The Morgan fingerprint density at radius 3 is 2.68 bits per heavy atom. The van der Waals surface area contributed by atoms with Gasteiger partial charge in [0.1, 0.15) is 11.6 Å². The number of methoxy groups -OCH3 is 2. The zero-order chi connectivity index (χ0) is 20.7. The van der Waals surface area contributed by atoms with Crippen LogP contribution in [0.2, 0.25) is 0 Å². The number of nitrogens with zero attached hydrogens (tertiary/aromatic N) is 2. The molecule has 1 aromatic heterocycles. The van der Waals surface area contributed by atoms with E-state index in [1.165, 1.54) is 23.7 Å². The van der Waals surface area contributed by atoms with E-state index in [0.717, 1.165) is 6.42 Å². The fraction of sp³-hybridized carbons (Fsp3) is 0.421. The van der Waals surface area contributed by atoms with Crippen LogP contribution >= 0.6 is 0 Å². The molecule has 0 saturated heterocycles. The van der Waals surface area contributed by atoms with Gasteiger partial charge in [0.25, 0.3) is 11.5 Å². The highest BCUT2D eigenvalue weighted by molar-refractivity contribution is 6.07. The molecule has 9 nitrogen and oxygen atoms in total. The van der Waals surface area contributed by atoms with Gasteiger partial charge in [-0.3, -0.25) is 24.0 Å². The van der Waals surface area contributed by atoms with E-state index in [1.54, 1.807) is 24.3 Å². The zero-order valence-corrected chi connectivity index (χ0v) is 16.4. The van der Waals surface area contributed by atoms with E-state index in [-0.39, 0.29) is 24.7 Å². The van der Waals surface area contributed by atoms with Gasteiger partial charge in [0.05, 0.1) is 13.7 Å². The predicted octanol–water partition coefficient (Wildman–Crippen LogP) is 1.22. The largest absolute Gasteiger partial charge is 0.497 e. The number of carbonyl (C=O) groups is 1. The molecule has 0 unspecified atom stereocenters. The third-order valence-electron chi connectivity index (χ3n) is 4.30. The molecule has 2 aromatic rings. The minimum Gasteiger partial charge on any atom is -0.497 e. The second-order valence-electron chi connectivity index (χ2n) is 6.18. The van der Waals surface area contributed by atoms with E-state index in [1.807, 2.05) is 6.92 Å². The molecule has 0 atom stereocenters. The smallest absolute Gasteiger partial charge is 0.330 e. The van der Waals surface area contributed by atoms with Crippen LogP contribution in [0, 0.1) is 0 Å². The van der Waals surface area contributed by atoms with E-state index < -0.39 is 17.2 Å². The molecule has 152 valence electrons. The van der Waals surface area contributed by atoms with E-state index in [2.05, 4.69) is 4.98 Å². The molecule has 0 fully saturated rings. The Morgan fingerprint density at radius 1 is 1.29 bits per heavy atom. The van der Waals surface area contributed by atoms with Crippen molar-refractivity contribution in [2.45, 2.75) is 26.3 Å². The summed E-state index contributed by atoms with van der Waals surface area (Å²) in [5, 5.41) is 0. The molecule has 0 aliphatic carbocycles. The highest BCUT2D eigenvalue weighted by Crippen LogP contribution is 2.21. The number of ether oxygens (including phenoxy) is 2. The standard InChI is InChI=1S/C19H26N4O5/c1-4-5-9-23-16(20)15(17(24)21-19(23)26)22(10-11-27-2)18(25)13-7-6-8-14(12-13)28-3/h6-8,12H,4-5,9-11,20H2,1-3H3,(H,21,24,26). The zero-order valence-electron chi connectivity index (χ0n) is 16.4. The van der Waals surface area contributed by atoms with Gasteiger partial charge in [-0.1, -0.05) is 19.4 Å². The molecule has 1 heterocycles. The van der Waals surface area contributed by atoms with Crippen LogP contribution in [-0.2, 0) is 11.3 Å². The maximum absolute atomic E-state index is 13.2. The van der Waals surface area contributed by atoms with Crippen molar-refractivity contribution in [3.05, 3.63) is 50.7 Å². The molecule has 0 radical (unpaired) electrons. The van der Waals surface area contributed by atoms with Crippen molar-refractivity contribution >= 4 is 17.4 Å². The van der Waals surface area contributed by atoms with Crippen LogP contribution < -0.4 is 26.6 Å². The molecule has 0 aliphatic rings. The van der Waals surface area contributed by atoms with Crippen LogP contribution in [0.15, 0.2) is 33.9 Å². The van der Waals surface area contributed by atoms with Crippen LogP contribution in [0.3, 0.4) is 0 Å². The fourth-order valence-electron chi connectivity index (χ4n) is 2.79. The summed E-state index contributed by atoms with van der Waals surface area (Å²) in [4.78, 5) is 41.3. The number of aromatic nitrogens is 2. The van der Waals surface area contributed by atoms with E-state index in [4.69, 9.17) is 15.2 Å². The third-order valence-corrected chi connectivity index (χ3v) is 4.30. The third kappa shape index (κ3) is 4.61. The molecular weight excluding hydrogens is 364 g/mol. The first kappa shape index (κ1) is 21.2. The summed E-state index contributed by atoms with van der Waals surface area (Å²) >= 11 is 0. The molecule has 0 spiro atoms. The molecule has 0 bridgehead atoms. The first-order valence-corrected chi connectivity index (χ1v) is 9.02. The number of amides is 1. The average Bonchev–Trinajstić information content (AvgIpc) is 2.69. The molecule has 1 aromatic carbocycles. The van der Waals surface area contributed by atoms with E-state index in [9.17, 15) is 14.4 Å². The summed E-state index contributed by atoms with van der Waals surface area (Å²) in [6, 6.07) is 6.57. The molecule has 0 aliphatic heterocycles. The van der Waals surface area contributed by atoms with Crippen molar-refractivity contribution < 1.29 is 14.3 Å². The number of H-pyrrole nitrogens is 1. The first-order valence-electron chi connectivity index (χ1n) is 9.02. The monoisotopic (exact) mass is 390 g/mol. The average molecular weight is 390 g/mol. The number of benzene rings is 1. The van der Waals surface area contributed by atoms with Crippen LogP contribution in [0.1, 0.15) is 30.1 Å². The summed E-state index contributed by atoms with van der Waals surface area (Å²) in [6.07, 6.45) is 1.55. The quantitative estimate of drug-likeness (QED) is 0.664. The van der Waals surface area contributed by atoms with Crippen molar-refractivity contribution in [2.24, 2.45) is 0 Å². The summed E-state index contributed by atoms with van der Waals surface area (Å²) in [6.45, 7) is 2.59. The van der Waals surface area contributed by atoms with Gasteiger partial charge in [-0.25, -0.2) is 4.79 Å². The second kappa shape index (κ2) is 9.75. The normalized spacial score (nSPS) is 10.7. The van der Waals surface area contributed by atoms with Gasteiger partial charge >= 0.3 is 5.69 Å². The molecule has 28 heavy (non-hydrogen) atoms. The van der Waals surface area contributed by atoms with Crippen LogP contribution in [0.5, 0.6) is 5.75 Å². The Hall–Kier alpha value is -3.07. The number of nitrogens with one attached hydrogen (secondary N) is 1. The minimum atomic E-state index is -0.720. The van der Waals surface area contributed by atoms with Crippen molar-refractivity contribution in [3.63, 3.8) is 0 Å². The minimum absolute atomic E-state index is 0.0467. The van der Waals surface area contributed by atoms with Crippen LogP contribution in [0.25, 0.3) is 0 Å². The number of nitrogen functional groups attached to an aromatic ring is 1. The molecule has 1 amide bonds. The lowest BCUT2D eigenvalue weighted by molar-refractivity contribution is 0.0975. The summed E-state index contributed by atoms with van der Waals surface area (Å²) < 4.78 is 11.5. The van der Waals surface area contributed by atoms with Crippen LogP contribution in [-0.4, -0.2) is 42.8 Å². The molecule has 9 heteroatoms. The van der Waals surface area contributed by atoms with Gasteiger partial charge in [-0.2, -0.15) is 0 Å². The lowest BCUT2D eigenvalue weighted by Crippen LogP contribution is -2.42. The maximum Gasteiger partial charge on any atom is 0.330 e. The predicted molar refractivity (Wildman–Crippen MR) is 107 cm³/mol. The Bertz CT molecular complexity index is 935. The van der Waals surface area contributed by atoms with Gasteiger partial charge in [-0.15, -0.1) is 0 Å². The van der Waals surface area contributed by atoms with Crippen molar-refractivity contribution in [1.82, 2.24) is 9.55 Å². The van der Waals surface area contributed by atoms with Crippen molar-refractivity contribution in [3.8, 4) is 5.75 Å². The Kier molecular flexibility index (Phi) is 7.39. The van der Waals surface area contributed by atoms with E-state index in [0.29, 0.717) is 24.3 Å². The number of rotatable bonds is 9. The number of hydrogen-bond acceptors (Lipinski definition) is 6.